The summed E-state index contributed by atoms with van der Waals surface area (Å²) in [5.41, 5.74) is 1.60. The Balaban J connectivity index is 1.99. The third-order valence-corrected chi connectivity index (χ3v) is 3.61. The number of aromatic hydroxyl groups is 1. The number of aromatic nitrogens is 2. The lowest BCUT2D eigenvalue weighted by molar-refractivity contribution is 0.102. The quantitative estimate of drug-likeness (QED) is 0.773. The van der Waals surface area contributed by atoms with Crippen LogP contribution in [0.4, 0.5) is 5.82 Å². The maximum Gasteiger partial charge on any atom is 0.259 e. The number of hydrogen-bond acceptors (Lipinski definition) is 3. The largest absolute Gasteiger partial charge is 0.504 e. The monoisotopic (exact) mass is 309 g/mol. The van der Waals surface area contributed by atoms with E-state index in [1.807, 2.05) is 30.5 Å². The van der Waals surface area contributed by atoms with Crippen LogP contribution in [-0.2, 0) is 6.54 Å². The Bertz CT molecular complexity index is 852. The van der Waals surface area contributed by atoms with Crippen LogP contribution in [0.3, 0.4) is 0 Å². The fraction of sp³-hybridized carbons (Fsp3) is 0.222. The lowest BCUT2D eigenvalue weighted by Gasteiger charge is -2.07. The van der Waals surface area contributed by atoms with E-state index in [0.29, 0.717) is 11.5 Å². The molecule has 2 N–H and O–H groups in total. The zero-order valence-electron chi connectivity index (χ0n) is 13.2. The Hall–Kier alpha value is -2.82. The second kappa shape index (κ2) is 6.12. The number of nitrogens with zero attached hydrogens (tertiary/aromatic N) is 2. The van der Waals surface area contributed by atoms with Crippen LogP contribution in [0.25, 0.3) is 10.9 Å². The standard InChI is InChI=1S/C18H19N3O2/c1-12(2)10-21-11-14(13-6-3-4-7-15(13)21)18(23)20-17-16(22)8-5-9-19-17/h3-9,11-12,22H,10H2,1-2H3,(H,19,20,23). The molecule has 0 aliphatic rings. The Morgan fingerprint density at radius 3 is 2.78 bits per heavy atom. The first-order chi connectivity index (χ1) is 11.1. The average Bonchev–Trinajstić information content (AvgIpc) is 2.88. The molecule has 118 valence electrons. The first-order valence-electron chi connectivity index (χ1n) is 7.59. The molecule has 0 spiro atoms. The summed E-state index contributed by atoms with van der Waals surface area (Å²) in [5.74, 6) is 0.309. The van der Waals surface area contributed by atoms with E-state index in [0.717, 1.165) is 17.4 Å². The highest BCUT2D eigenvalue weighted by molar-refractivity contribution is 6.13. The highest BCUT2D eigenvalue weighted by Gasteiger charge is 2.16. The SMILES string of the molecule is CC(C)Cn1cc(C(=O)Nc2ncccc2O)c2ccccc21. The van der Waals surface area contributed by atoms with Gasteiger partial charge in [0.15, 0.2) is 11.6 Å². The zero-order valence-corrected chi connectivity index (χ0v) is 13.2. The molecule has 0 fully saturated rings. The minimum Gasteiger partial charge on any atom is -0.504 e. The van der Waals surface area contributed by atoms with Gasteiger partial charge in [-0.15, -0.1) is 0 Å². The molecule has 1 aromatic carbocycles. The number of fused-ring (bicyclic) bond motifs is 1. The molecule has 0 unspecified atom stereocenters. The van der Waals surface area contributed by atoms with Gasteiger partial charge in [0.2, 0.25) is 0 Å². The molecule has 1 amide bonds. The van der Waals surface area contributed by atoms with E-state index in [2.05, 4.69) is 28.7 Å². The molecule has 0 saturated heterocycles. The van der Waals surface area contributed by atoms with Crippen LogP contribution in [0.15, 0.2) is 48.8 Å². The summed E-state index contributed by atoms with van der Waals surface area (Å²) in [6.07, 6.45) is 3.39. The Labute approximate surface area is 134 Å². The average molecular weight is 309 g/mol. The van der Waals surface area contributed by atoms with Crippen molar-refractivity contribution in [1.82, 2.24) is 9.55 Å². The van der Waals surface area contributed by atoms with E-state index in [1.165, 1.54) is 12.3 Å². The smallest absolute Gasteiger partial charge is 0.259 e. The van der Waals surface area contributed by atoms with Crippen LogP contribution >= 0.6 is 0 Å². The number of benzene rings is 1. The third-order valence-electron chi connectivity index (χ3n) is 3.61. The van der Waals surface area contributed by atoms with Gasteiger partial charge in [0.05, 0.1) is 5.56 Å². The number of amides is 1. The van der Waals surface area contributed by atoms with Gasteiger partial charge in [0, 0.05) is 29.8 Å². The predicted molar refractivity (Wildman–Crippen MR) is 90.6 cm³/mol. The van der Waals surface area contributed by atoms with Crippen molar-refractivity contribution in [3.63, 3.8) is 0 Å². The molecule has 0 atom stereocenters. The van der Waals surface area contributed by atoms with Gasteiger partial charge in [-0.25, -0.2) is 4.98 Å². The molecule has 5 nitrogen and oxygen atoms in total. The third kappa shape index (κ3) is 3.04. The fourth-order valence-corrected chi connectivity index (χ4v) is 2.64. The molecular weight excluding hydrogens is 290 g/mol. The second-order valence-corrected chi connectivity index (χ2v) is 5.93. The maximum atomic E-state index is 12.6. The van der Waals surface area contributed by atoms with Gasteiger partial charge in [0.25, 0.3) is 5.91 Å². The summed E-state index contributed by atoms with van der Waals surface area (Å²) in [6, 6.07) is 10.9. The van der Waals surface area contributed by atoms with Crippen LogP contribution < -0.4 is 5.32 Å². The fourth-order valence-electron chi connectivity index (χ4n) is 2.64. The van der Waals surface area contributed by atoms with Gasteiger partial charge < -0.3 is 15.0 Å². The molecule has 2 aromatic heterocycles. The van der Waals surface area contributed by atoms with Gasteiger partial charge in [-0.3, -0.25) is 4.79 Å². The van der Waals surface area contributed by atoms with Crippen molar-refractivity contribution < 1.29 is 9.90 Å². The molecule has 0 aliphatic carbocycles. The Morgan fingerprint density at radius 2 is 2.04 bits per heavy atom. The van der Waals surface area contributed by atoms with Crippen molar-refractivity contribution in [1.29, 1.82) is 0 Å². The van der Waals surface area contributed by atoms with E-state index in [4.69, 9.17) is 0 Å². The van der Waals surface area contributed by atoms with E-state index in [9.17, 15) is 9.90 Å². The molecule has 0 radical (unpaired) electrons. The number of nitrogens with one attached hydrogen (secondary N) is 1. The normalized spacial score (nSPS) is 11.1. The number of carbonyl (C=O) groups is 1. The topological polar surface area (TPSA) is 67.2 Å². The van der Waals surface area contributed by atoms with E-state index in [1.54, 1.807) is 6.07 Å². The van der Waals surface area contributed by atoms with Gasteiger partial charge in [-0.1, -0.05) is 32.0 Å². The Morgan fingerprint density at radius 1 is 1.26 bits per heavy atom. The predicted octanol–water partition coefficient (Wildman–Crippen LogP) is 3.65. The number of rotatable bonds is 4. The van der Waals surface area contributed by atoms with Crippen LogP contribution in [0.1, 0.15) is 24.2 Å². The molecule has 0 bridgehead atoms. The van der Waals surface area contributed by atoms with Crippen molar-refractivity contribution in [2.24, 2.45) is 5.92 Å². The first kappa shape index (κ1) is 15.1. The molecule has 5 heteroatoms. The van der Waals surface area contributed by atoms with Gasteiger partial charge in [0.1, 0.15) is 0 Å². The van der Waals surface area contributed by atoms with E-state index >= 15 is 0 Å². The van der Waals surface area contributed by atoms with Crippen molar-refractivity contribution in [3.05, 3.63) is 54.4 Å². The lowest BCUT2D eigenvalue weighted by atomic mass is 10.1. The number of anilines is 1. The van der Waals surface area contributed by atoms with Crippen LogP contribution in [0, 0.1) is 5.92 Å². The summed E-state index contributed by atoms with van der Waals surface area (Å²) >= 11 is 0. The first-order valence-corrected chi connectivity index (χ1v) is 7.59. The summed E-state index contributed by atoms with van der Waals surface area (Å²) in [7, 11) is 0. The van der Waals surface area contributed by atoms with E-state index < -0.39 is 0 Å². The maximum absolute atomic E-state index is 12.6. The summed E-state index contributed by atoms with van der Waals surface area (Å²) in [6.45, 7) is 5.11. The van der Waals surface area contributed by atoms with Gasteiger partial charge in [-0.2, -0.15) is 0 Å². The molecule has 23 heavy (non-hydrogen) atoms. The minimum absolute atomic E-state index is 0.0493. The molecular formula is C18H19N3O2. The number of hydrogen-bond donors (Lipinski definition) is 2. The number of carbonyl (C=O) groups excluding carboxylic acids is 1. The van der Waals surface area contributed by atoms with Crippen LogP contribution in [0.5, 0.6) is 5.75 Å². The minimum atomic E-state index is -0.280. The van der Waals surface area contributed by atoms with Crippen molar-refractivity contribution in [2.45, 2.75) is 20.4 Å². The molecule has 3 aromatic rings. The van der Waals surface area contributed by atoms with Crippen molar-refractivity contribution in [3.8, 4) is 5.75 Å². The summed E-state index contributed by atoms with van der Waals surface area (Å²) in [5, 5.41) is 13.3. The molecule has 2 heterocycles. The van der Waals surface area contributed by atoms with Crippen molar-refractivity contribution >= 4 is 22.6 Å². The highest BCUT2D eigenvalue weighted by atomic mass is 16.3. The van der Waals surface area contributed by atoms with Crippen molar-refractivity contribution in [2.75, 3.05) is 5.32 Å². The zero-order chi connectivity index (χ0) is 16.4. The van der Waals surface area contributed by atoms with Crippen LogP contribution in [-0.4, -0.2) is 20.6 Å². The molecule has 3 rings (SSSR count). The molecule has 0 saturated carbocycles. The second-order valence-electron chi connectivity index (χ2n) is 5.93. The van der Waals surface area contributed by atoms with Gasteiger partial charge in [-0.05, 0) is 24.1 Å². The number of para-hydroxylation sites is 1. The molecule has 0 aliphatic heterocycles. The van der Waals surface area contributed by atoms with E-state index in [-0.39, 0.29) is 17.5 Å². The lowest BCUT2D eigenvalue weighted by Crippen LogP contribution is -2.12. The Kier molecular flexibility index (Phi) is 4.02. The summed E-state index contributed by atoms with van der Waals surface area (Å²) < 4.78 is 2.09. The van der Waals surface area contributed by atoms with Gasteiger partial charge >= 0.3 is 0 Å². The summed E-state index contributed by atoms with van der Waals surface area (Å²) in [4.78, 5) is 16.6. The van der Waals surface area contributed by atoms with Crippen LogP contribution in [0.2, 0.25) is 0 Å². The number of pyridine rings is 1. The highest BCUT2D eigenvalue weighted by Crippen LogP contribution is 2.25.